The van der Waals surface area contributed by atoms with Crippen molar-refractivity contribution >= 4 is 5.91 Å². The average Bonchev–Trinajstić information content (AvgIpc) is 2.32. The van der Waals surface area contributed by atoms with E-state index in [2.05, 4.69) is 4.98 Å². The zero-order chi connectivity index (χ0) is 12.5. The van der Waals surface area contributed by atoms with E-state index < -0.39 is 5.41 Å². The van der Waals surface area contributed by atoms with E-state index in [1.807, 2.05) is 36.9 Å². The monoisotopic (exact) mass is 233 g/mol. The third-order valence-corrected chi connectivity index (χ3v) is 3.55. The lowest BCUT2D eigenvalue weighted by molar-refractivity contribution is -0.146. The highest BCUT2D eigenvalue weighted by atomic mass is 16.2. The second-order valence-electron chi connectivity index (χ2n) is 5.16. The van der Waals surface area contributed by atoms with Gasteiger partial charge >= 0.3 is 0 Å². The Kier molecular flexibility index (Phi) is 3.15. The minimum absolute atomic E-state index is 0.0463. The van der Waals surface area contributed by atoms with Gasteiger partial charge < -0.3 is 10.6 Å². The van der Waals surface area contributed by atoms with Crippen molar-refractivity contribution in [2.45, 2.75) is 32.9 Å². The molecule has 1 fully saturated rings. The highest BCUT2D eigenvalue weighted by Gasteiger charge is 2.41. The number of likely N-dealkylation sites (tertiary alicyclic amines) is 1. The van der Waals surface area contributed by atoms with E-state index in [1.54, 1.807) is 6.20 Å². The first-order valence-corrected chi connectivity index (χ1v) is 5.96. The number of nitrogens with zero attached hydrogens (tertiary/aromatic N) is 2. The van der Waals surface area contributed by atoms with E-state index in [1.165, 1.54) is 0 Å². The van der Waals surface area contributed by atoms with E-state index in [-0.39, 0.29) is 11.9 Å². The minimum atomic E-state index is -0.465. The second kappa shape index (κ2) is 4.45. The van der Waals surface area contributed by atoms with Crippen molar-refractivity contribution in [3.8, 4) is 0 Å². The van der Waals surface area contributed by atoms with Crippen LogP contribution in [-0.2, 0) is 11.3 Å². The van der Waals surface area contributed by atoms with Gasteiger partial charge in [-0.2, -0.15) is 0 Å². The molecule has 1 aromatic heterocycles. The molecule has 0 bridgehead atoms. The molecule has 17 heavy (non-hydrogen) atoms. The second-order valence-corrected chi connectivity index (χ2v) is 5.16. The van der Waals surface area contributed by atoms with E-state index >= 15 is 0 Å². The molecule has 2 N–H and O–H groups in total. The van der Waals surface area contributed by atoms with Crippen LogP contribution in [0.15, 0.2) is 24.4 Å². The molecule has 1 unspecified atom stereocenters. The summed E-state index contributed by atoms with van der Waals surface area (Å²) in [4.78, 5) is 18.4. The van der Waals surface area contributed by atoms with Gasteiger partial charge in [-0.1, -0.05) is 6.07 Å². The summed E-state index contributed by atoms with van der Waals surface area (Å²) in [6.07, 6.45) is 2.60. The molecule has 1 aliphatic rings. The van der Waals surface area contributed by atoms with Gasteiger partial charge in [-0.3, -0.25) is 9.78 Å². The summed E-state index contributed by atoms with van der Waals surface area (Å²) in [7, 11) is 0. The highest BCUT2D eigenvalue weighted by molar-refractivity contribution is 5.83. The Morgan fingerprint density at radius 3 is 2.94 bits per heavy atom. The number of rotatable bonds is 2. The van der Waals surface area contributed by atoms with Crippen LogP contribution >= 0.6 is 0 Å². The fraction of sp³-hybridized carbons (Fsp3) is 0.538. The van der Waals surface area contributed by atoms with Crippen LogP contribution < -0.4 is 5.73 Å². The number of aromatic nitrogens is 1. The largest absolute Gasteiger partial charge is 0.336 e. The molecule has 0 spiro atoms. The van der Waals surface area contributed by atoms with Gasteiger partial charge in [0.25, 0.3) is 0 Å². The summed E-state index contributed by atoms with van der Waals surface area (Å²) in [5, 5.41) is 0. The van der Waals surface area contributed by atoms with Gasteiger partial charge in [0.05, 0.1) is 17.7 Å². The van der Waals surface area contributed by atoms with Crippen LogP contribution in [0.4, 0.5) is 0 Å². The number of hydrogen-bond donors (Lipinski definition) is 1. The lowest BCUT2D eigenvalue weighted by Crippen LogP contribution is -2.56. The molecule has 2 rings (SSSR count). The number of hydrogen-bond acceptors (Lipinski definition) is 3. The first-order valence-electron chi connectivity index (χ1n) is 5.96. The summed E-state index contributed by atoms with van der Waals surface area (Å²) < 4.78 is 0. The minimum Gasteiger partial charge on any atom is -0.336 e. The van der Waals surface area contributed by atoms with Crippen molar-refractivity contribution in [2.24, 2.45) is 11.1 Å². The molecule has 4 heteroatoms. The molecule has 1 atom stereocenters. The molecule has 1 aromatic rings. The number of nitrogens with two attached hydrogens (primary N) is 1. The molecule has 92 valence electrons. The van der Waals surface area contributed by atoms with Gasteiger partial charge in [-0.05, 0) is 32.4 Å². The molecule has 1 amide bonds. The number of pyridine rings is 1. The quantitative estimate of drug-likeness (QED) is 0.834. The highest BCUT2D eigenvalue weighted by Crippen LogP contribution is 2.29. The van der Waals surface area contributed by atoms with Crippen LogP contribution in [0.25, 0.3) is 0 Å². The van der Waals surface area contributed by atoms with Crippen LogP contribution in [0.2, 0.25) is 0 Å². The van der Waals surface area contributed by atoms with Crippen LogP contribution in [0.5, 0.6) is 0 Å². The zero-order valence-electron chi connectivity index (χ0n) is 10.4. The maximum absolute atomic E-state index is 12.3. The molecule has 0 saturated carbocycles. The Bertz CT molecular complexity index is 402. The van der Waals surface area contributed by atoms with Gasteiger partial charge in [0.1, 0.15) is 0 Å². The Morgan fingerprint density at radius 2 is 2.29 bits per heavy atom. The number of amides is 1. The smallest absolute Gasteiger partial charge is 0.230 e. The van der Waals surface area contributed by atoms with Gasteiger partial charge in [-0.15, -0.1) is 0 Å². The van der Waals surface area contributed by atoms with Gasteiger partial charge in [0, 0.05) is 18.8 Å². The van der Waals surface area contributed by atoms with Crippen LogP contribution in [0.3, 0.4) is 0 Å². The van der Waals surface area contributed by atoms with E-state index in [0.717, 1.165) is 18.7 Å². The van der Waals surface area contributed by atoms with Crippen molar-refractivity contribution in [1.29, 1.82) is 0 Å². The lowest BCUT2D eigenvalue weighted by Gasteiger charge is -2.41. The predicted molar refractivity (Wildman–Crippen MR) is 66.0 cm³/mol. The molecule has 2 heterocycles. The molecule has 4 nitrogen and oxygen atoms in total. The molecule has 0 aliphatic carbocycles. The van der Waals surface area contributed by atoms with Crippen molar-refractivity contribution < 1.29 is 4.79 Å². The average molecular weight is 233 g/mol. The van der Waals surface area contributed by atoms with Crippen molar-refractivity contribution in [3.63, 3.8) is 0 Å². The van der Waals surface area contributed by atoms with E-state index in [9.17, 15) is 4.79 Å². The maximum atomic E-state index is 12.3. The van der Waals surface area contributed by atoms with Gasteiger partial charge in [0.15, 0.2) is 0 Å². The molecule has 1 aliphatic heterocycles. The fourth-order valence-electron chi connectivity index (χ4n) is 2.16. The summed E-state index contributed by atoms with van der Waals surface area (Å²) in [6.45, 7) is 5.14. The van der Waals surface area contributed by atoms with E-state index in [0.29, 0.717) is 6.54 Å². The normalized spacial score (nSPS) is 23.8. The van der Waals surface area contributed by atoms with Crippen LogP contribution in [0.1, 0.15) is 26.0 Å². The maximum Gasteiger partial charge on any atom is 0.230 e. The number of carbonyl (C=O) groups is 1. The number of carbonyl (C=O) groups excluding carboxylic acids is 1. The van der Waals surface area contributed by atoms with Crippen molar-refractivity contribution in [3.05, 3.63) is 30.1 Å². The zero-order valence-corrected chi connectivity index (χ0v) is 10.4. The summed E-state index contributed by atoms with van der Waals surface area (Å²) >= 11 is 0. The summed E-state index contributed by atoms with van der Waals surface area (Å²) in [6, 6.07) is 5.71. The van der Waals surface area contributed by atoms with Crippen molar-refractivity contribution in [1.82, 2.24) is 9.88 Å². The molecular formula is C13H19N3O. The molecular weight excluding hydrogens is 214 g/mol. The summed E-state index contributed by atoms with van der Waals surface area (Å²) in [5.41, 5.74) is 6.45. The number of piperidine rings is 1. The molecule has 0 aromatic carbocycles. The Balaban J connectivity index is 2.11. The topological polar surface area (TPSA) is 59.2 Å². The lowest BCUT2D eigenvalue weighted by atomic mass is 9.79. The summed E-state index contributed by atoms with van der Waals surface area (Å²) in [5.74, 6) is 0.127. The first-order chi connectivity index (χ1) is 8.01. The third-order valence-electron chi connectivity index (χ3n) is 3.55. The van der Waals surface area contributed by atoms with Crippen LogP contribution in [0, 0.1) is 5.41 Å². The molecule has 0 radical (unpaired) electrons. The van der Waals surface area contributed by atoms with Gasteiger partial charge in [0.2, 0.25) is 5.91 Å². The molecule has 1 saturated heterocycles. The van der Waals surface area contributed by atoms with E-state index in [4.69, 9.17) is 5.73 Å². The fourth-order valence-corrected chi connectivity index (χ4v) is 2.16. The standard InChI is InChI=1S/C13H19N3O/c1-13(2)11(14)6-8-16(12(13)17)9-10-5-3-4-7-15-10/h3-5,7,11H,6,8-9,14H2,1-2H3. The predicted octanol–water partition coefficient (Wildman–Crippen LogP) is 1.17. The van der Waals surface area contributed by atoms with Crippen molar-refractivity contribution in [2.75, 3.05) is 6.54 Å². The SMILES string of the molecule is CC1(C)C(=O)N(Cc2ccccn2)CCC1N. The third kappa shape index (κ3) is 2.31. The Morgan fingerprint density at radius 1 is 1.53 bits per heavy atom. The van der Waals surface area contributed by atoms with Crippen LogP contribution in [-0.4, -0.2) is 28.4 Å². The Labute approximate surface area is 102 Å². The first kappa shape index (κ1) is 12.0. The van der Waals surface area contributed by atoms with Gasteiger partial charge in [-0.25, -0.2) is 0 Å². The Hall–Kier alpha value is -1.42.